The molecule has 0 aromatic heterocycles. The zero-order chi connectivity index (χ0) is 19.4. The van der Waals surface area contributed by atoms with Crippen LogP contribution in [0.3, 0.4) is 0 Å². The van der Waals surface area contributed by atoms with Crippen molar-refractivity contribution >= 4 is 27.3 Å². The topological polar surface area (TPSA) is 75.3 Å². The predicted octanol–water partition coefficient (Wildman–Crippen LogP) is 4.11. The average molecular weight is 386 g/mol. The van der Waals surface area contributed by atoms with Crippen molar-refractivity contribution in [2.45, 2.75) is 19.5 Å². The highest BCUT2D eigenvalue weighted by molar-refractivity contribution is 7.92. The summed E-state index contributed by atoms with van der Waals surface area (Å²) in [5.74, 6) is -0.714. The molecule has 0 aliphatic carbocycles. The summed E-state index contributed by atoms with van der Waals surface area (Å²) >= 11 is 0. The summed E-state index contributed by atoms with van der Waals surface area (Å²) in [5, 5.41) is 2.37. The molecule has 0 saturated carbocycles. The molecule has 0 heterocycles. The van der Waals surface area contributed by atoms with Gasteiger partial charge in [-0.2, -0.15) is 13.2 Å². The molecular formula is C17H17F3N2O3S. The van der Waals surface area contributed by atoms with Crippen LogP contribution in [0.1, 0.15) is 29.3 Å². The largest absolute Gasteiger partial charge is 0.416 e. The van der Waals surface area contributed by atoms with Gasteiger partial charge in [-0.05, 0) is 42.8 Å². The SMILES string of the molecule is CCCS(=O)(=O)Nc1cccc(C(=O)Nc2cccc(C(F)(F)F)c2)c1. The van der Waals surface area contributed by atoms with Gasteiger partial charge in [0.2, 0.25) is 10.0 Å². The molecular weight excluding hydrogens is 369 g/mol. The van der Waals surface area contributed by atoms with Gasteiger partial charge >= 0.3 is 6.18 Å². The van der Waals surface area contributed by atoms with Gasteiger partial charge in [-0.1, -0.05) is 19.1 Å². The monoisotopic (exact) mass is 386 g/mol. The van der Waals surface area contributed by atoms with E-state index in [1.807, 2.05) is 0 Å². The molecule has 0 radical (unpaired) electrons. The number of halogens is 3. The van der Waals surface area contributed by atoms with Gasteiger partial charge in [0.1, 0.15) is 0 Å². The molecule has 2 rings (SSSR count). The number of amides is 1. The number of anilines is 2. The Balaban J connectivity index is 2.17. The third-order valence-corrected chi connectivity index (χ3v) is 4.81. The van der Waals surface area contributed by atoms with Crippen LogP contribution >= 0.6 is 0 Å². The second-order valence-electron chi connectivity index (χ2n) is 5.53. The van der Waals surface area contributed by atoms with Gasteiger partial charge in [-0.15, -0.1) is 0 Å². The van der Waals surface area contributed by atoms with Crippen molar-refractivity contribution in [2.24, 2.45) is 0 Å². The maximum absolute atomic E-state index is 12.7. The van der Waals surface area contributed by atoms with Crippen molar-refractivity contribution < 1.29 is 26.4 Å². The van der Waals surface area contributed by atoms with Gasteiger partial charge in [0.15, 0.2) is 0 Å². The minimum absolute atomic E-state index is 0.0122. The van der Waals surface area contributed by atoms with E-state index < -0.39 is 27.7 Å². The Morgan fingerprint density at radius 3 is 2.35 bits per heavy atom. The number of hydrogen-bond acceptors (Lipinski definition) is 3. The maximum Gasteiger partial charge on any atom is 0.416 e. The summed E-state index contributed by atoms with van der Waals surface area (Å²) < 4.78 is 64.1. The Bertz CT molecular complexity index is 896. The number of carbonyl (C=O) groups is 1. The molecule has 2 aromatic rings. The van der Waals surface area contributed by atoms with Crippen molar-refractivity contribution in [1.82, 2.24) is 0 Å². The van der Waals surface area contributed by atoms with E-state index >= 15 is 0 Å². The molecule has 0 atom stereocenters. The summed E-state index contributed by atoms with van der Waals surface area (Å²) in [6.45, 7) is 1.72. The summed E-state index contributed by atoms with van der Waals surface area (Å²) in [7, 11) is -3.51. The Morgan fingerprint density at radius 2 is 1.69 bits per heavy atom. The number of rotatable bonds is 6. The molecule has 0 fully saturated rings. The van der Waals surface area contributed by atoms with Crippen LogP contribution in [-0.4, -0.2) is 20.1 Å². The first-order valence-electron chi connectivity index (χ1n) is 7.70. The van der Waals surface area contributed by atoms with Crippen LogP contribution in [0.4, 0.5) is 24.5 Å². The molecule has 9 heteroatoms. The molecule has 0 bridgehead atoms. The third kappa shape index (κ3) is 5.48. The summed E-state index contributed by atoms with van der Waals surface area (Å²) in [5.41, 5.74) is -0.576. The Morgan fingerprint density at radius 1 is 1.04 bits per heavy atom. The molecule has 0 aliphatic heterocycles. The first-order chi connectivity index (χ1) is 12.1. The molecule has 0 unspecified atom stereocenters. The van der Waals surface area contributed by atoms with Crippen LogP contribution in [0.2, 0.25) is 0 Å². The molecule has 140 valence electrons. The van der Waals surface area contributed by atoms with Crippen molar-refractivity contribution in [3.8, 4) is 0 Å². The van der Waals surface area contributed by atoms with Crippen molar-refractivity contribution in [3.05, 3.63) is 59.7 Å². The highest BCUT2D eigenvalue weighted by Gasteiger charge is 2.30. The molecule has 26 heavy (non-hydrogen) atoms. The average Bonchev–Trinajstić information content (AvgIpc) is 2.54. The van der Waals surface area contributed by atoms with E-state index in [0.29, 0.717) is 6.42 Å². The number of hydrogen-bond donors (Lipinski definition) is 2. The summed E-state index contributed by atoms with van der Waals surface area (Å²) in [6.07, 6.45) is -4.08. The van der Waals surface area contributed by atoms with Crippen molar-refractivity contribution in [1.29, 1.82) is 0 Å². The van der Waals surface area contributed by atoms with E-state index in [0.717, 1.165) is 12.1 Å². The Hall–Kier alpha value is -2.55. The fraction of sp³-hybridized carbons (Fsp3) is 0.235. The number of sulfonamides is 1. The molecule has 2 N–H and O–H groups in total. The lowest BCUT2D eigenvalue weighted by molar-refractivity contribution is -0.137. The lowest BCUT2D eigenvalue weighted by Gasteiger charge is -2.11. The zero-order valence-electron chi connectivity index (χ0n) is 13.8. The number of alkyl halides is 3. The lowest BCUT2D eigenvalue weighted by atomic mass is 10.1. The quantitative estimate of drug-likeness (QED) is 0.785. The van der Waals surface area contributed by atoms with Crippen LogP contribution in [0, 0.1) is 0 Å². The molecule has 0 saturated heterocycles. The van der Waals surface area contributed by atoms with Crippen molar-refractivity contribution in [2.75, 3.05) is 15.8 Å². The second kappa shape index (κ2) is 7.77. The molecule has 0 aliphatic rings. The number of benzene rings is 2. The highest BCUT2D eigenvalue weighted by atomic mass is 32.2. The number of nitrogens with one attached hydrogen (secondary N) is 2. The van der Waals surface area contributed by atoms with Gasteiger partial charge in [0.25, 0.3) is 5.91 Å². The number of carbonyl (C=O) groups excluding carboxylic acids is 1. The first-order valence-corrected chi connectivity index (χ1v) is 9.35. The Labute approximate surface area is 149 Å². The Kier molecular flexibility index (Phi) is 5.91. The van der Waals surface area contributed by atoms with Crippen LogP contribution in [-0.2, 0) is 16.2 Å². The van der Waals surface area contributed by atoms with Crippen LogP contribution < -0.4 is 10.0 Å². The smallest absolute Gasteiger partial charge is 0.322 e. The second-order valence-corrected chi connectivity index (χ2v) is 7.38. The zero-order valence-corrected chi connectivity index (χ0v) is 14.6. The van der Waals surface area contributed by atoms with Gasteiger partial charge in [0, 0.05) is 16.9 Å². The van der Waals surface area contributed by atoms with E-state index in [9.17, 15) is 26.4 Å². The van der Waals surface area contributed by atoms with E-state index in [4.69, 9.17) is 0 Å². The molecule has 2 aromatic carbocycles. The predicted molar refractivity (Wildman–Crippen MR) is 93.5 cm³/mol. The maximum atomic E-state index is 12.7. The molecule has 1 amide bonds. The summed E-state index contributed by atoms with van der Waals surface area (Å²) in [4.78, 5) is 12.2. The summed E-state index contributed by atoms with van der Waals surface area (Å²) in [6, 6.07) is 9.95. The van der Waals surface area contributed by atoms with E-state index in [1.54, 1.807) is 6.92 Å². The highest BCUT2D eigenvalue weighted by Crippen LogP contribution is 2.30. The standard InChI is InChI=1S/C17H17F3N2O3S/c1-2-9-26(24,25)22-15-8-3-5-12(10-15)16(23)21-14-7-4-6-13(11-14)17(18,19)20/h3-8,10-11,22H,2,9H2,1H3,(H,21,23). The van der Waals surface area contributed by atoms with Gasteiger partial charge in [-0.25, -0.2) is 8.42 Å². The minimum Gasteiger partial charge on any atom is -0.322 e. The fourth-order valence-electron chi connectivity index (χ4n) is 2.20. The lowest BCUT2D eigenvalue weighted by Crippen LogP contribution is -2.17. The van der Waals surface area contributed by atoms with E-state index in [2.05, 4.69) is 10.0 Å². The van der Waals surface area contributed by atoms with Crippen LogP contribution in [0.25, 0.3) is 0 Å². The van der Waals surface area contributed by atoms with Crippen LogP contribution in [0.15, 0.2) is 48.5 Å². The van der Waals surface area contributed by atoms with E-state index in [-0.39, 0.29) is 22.7 Å². The van der Waals surface area contributed by atoms with Gasteiger partial charge < -0.3 is 5.32 Å². The third-order valence-electron chi connectivity index (χ3n) is 3.32. The minimum atomic E-state index is -4.52. The molecule has 0 spiro atoms. The normalized spacial score (nSPS) is 11.8. The fourth-order valence-corrected chi connectivity index (χ4v) is 3.33. The van der Waals surface area contributed by atoms with E-state index in [1.165, 1.54) is 36.4 Å². The van der Waals surface area contributed by atoms with Gasteiger partial charge in [0.05, 0.1) is 11.3 Å². The van der Waals surface area contributed by atoms with Crippen molar-refractivity contribution in [3.63, 3.8) is 0 Å². The first kappa shape index (κ1) is 19.8. The van der Waals surface area contributed by atoms with Crippen LogP contribution in [0.5, 0.6) is 0 Å². The molecule has 5 nitrogen and oxygen atoms in total. The van der Waals surface area contributed by atoms with Gasteiger partial charge in [-0.3, -0.25) is 9.52 Å².